The van der Waals surface area contributed by atoms with Gasteiger partial charge in [0.25, 0.3) is 0 Å². The van der Waals surface area contributed by atoms with E-state index in [-0.39, 0.29) is 0 Å². The Balaban J connectivity index is 1.91. The summed E-state index contributed by atoms with van der Waals surface area (Å²) in [5.41, 5.74) is 0.376. The molecular formula is C13H19N5. The SMILES string of the molecule is CN(C)CC1CCN(c2cnc(C#N)cn2)CC1. The van der Waals surface area contributed by atoms with E-state index < -0.39 is 0 Å². The van der Waals surface area contributed by atoms with Crippen LogP contribution < -0.4 is 4.90 Å². The molecule has 0 spiro atoms. The Bertz CT molecular complexity index is 412. The molecule has 0 N–H and O–H groups in total. The van der Waals surface area contributed by atoms with Gasteiger partial charge >= 0.3 is 0 Å². The molecule has 0 aromatic carbocycles. The van der Waals surface area contributed by atoms with Crippen LogP contribution in [0.4, 0.5) is 5.82 Å². The van der Waals surface area contributed by atoms with Crippen LogP contribution >= 0.6 is 0 Å². The topological polar surface area (TPSA) is 56.0 Å². The monoisotopic (exact) mass is 245 g/mol. The summed E-state index contributed by atoms with van der Waals surface area (Å²) in [6, 6.07) is 1.99. The van der Waals surface area contributed by atoms with Crippen LogP contribution in [0.5, 0.6) is 0 Å². The van der Waals surface area contributed by atoms with Crippen molar-refractivity contribution in [3.05, 3.63) is 18.1 Å². The normalized spacial score (nSPS) is 16.9. The predicted molar refractivity (Wildman–Crippen MR) is 70.2 cm³/mol. The Labute approximate surface area is 108 Å². The summed E-state index contributed by atoms with van der Waals surface area (Å²) < 4.78 is 0. The maximum atomic E-state index is 8.69. The van der Waals surface area contributed by atoms with Gasteiger partial charge in [-0.15, -0.1) is 0 Å². The van der Waals surface area contributed by atoms with Gasteiger partial charge in [0.2, 0.25) is 0 Å². The highest BCUT2D eigenvalue weighted by Gasteiger charge is 2.20. The first-order valence-corrected chi connectivity index (χ1v) is 6.31. The van der Waals surface area contributed by atoms with Gasteiger partial charge in [0, 0.05) is 19.6 Å². The number of hydrogen-bond acceptors (Lipinski definition) is 5. The number of rotatable bonds is 3. The fourth-order valence-corrected chi connectivity index (χ4v) is 2.40. The summed E-state index contributed by atoms with van der Waals surface area (Å²) in [4.78, 5) is 12.9. The number of piperidine rings is 1. The van der Waals surface area contributed by atoms with E-state index in [0.717, 1.165) is 31.4 Å². The summed E-state index contributed by atoms with van der Waals surface area (Å²) in [5.74, 6) is 1.67. The van der Waals surface area contributed by atoms with E-state index in [1.807, 2.05) is 6.07 Å². The van der Waals surface area contributed by atoms with Crippen molar-refractivity contribution in [1.29, 1.82) is 5.26 Å². The molecule has 2 heterocycles. The van der Waals surface area contributed by atoms with Gasteiger partial charge < -0.3 is 9.80 Å². The fraction of sp³-hybridized carbons (Fsp3) is 0.615. The van der Waals surface area contributed by atoms with Crippen molar-refractivity contribution in [2.24, 2.45) is 5.92 Å². The first kappa shape index (κ1) is 12.8. The minimum absolute atomic E-state index is 0.376. The predicted octanol–water partition coefficient (Wildman–Crippen LogP) is 1.13. The highest BCUT2D eigenvalue weighted by Crippen LogP contribution is 2.21. The van der Waals surface area contributed by atoms with Gasteiger partial charge in [0.15, 0.2) is 5.69 Å². The Kier molecular flexibility index (Phi) is 4.11. The summed E-state index contributed by atoms with van der Waals surface area (Å²) >= 11 is 0. The van der Waals surface area contributed by atoms with E-state index in [4.69, 9.17) is 5.26 Å². The zero-order valence-electron chi connectivity index (χ0n) is 11.0. The molecule has 0 saturated carbocycles. The highest BCUT2D eigenvalue weighted by atomic mass is 15.2. The van der Waals surface area contributed by atoms with Crippen molar-refractivity contribution in [3.8, 4) is 6.07 Å². The molecule has 96 valence electrons. The molecule has 1 aromatic heterocycles. The third-order valence-corrected chi connectivity index (χ3v) is 3.31. The van der Waals surface area contributed by atoms with Crippen molar-refractivity contribution in [3.63, 3.8) is 0 Å². The van der Waals surface area contributed by atoms with Crippen LogP contribution in [0.2, 0.25) is 0 Å². The quantitative estimate of drug-likeness (QED) is 0.799. The summed E-state index contributed by atoms with van der Waals surface area (Å²) in [6.45, 7) is 3.21. The molecule has 1 saturated heterocycles. The van der Waals surface area contributed by atoms with E-state index in [2.05, 4.69) is 33.9 Å². The molecule has 0 unspecified atom stereocenters. The first-order chi connectivity index (χ1) is 8.69. The summed E-state index contributed by atoms with van der Waals surface area (Å²) in [5, 5.41) is 8.69. The van der Waals surface area contributed by atoms with Crippen LogP contribution in [-0.4, -0.2) is 48.6 Å². The first-order valence-electron chi connectivity index (χ1n) is 6.31. The lowest BCUT2D eigenvalue weighted by molar-refractivity contribution is 0.284. The number of nitrogens with zero attached hydrogens (tertiary/aromatic N) is 5. The third kappa shape index (κ3) is 3.17. The summed E-state index contributed by atoms with van der Waals surface area (Å²) in [6.07, 6.45) is 5.63. The molecule has 1 aliphatic rings. The third-order valence-electron chi connectivity index (χ3n) is 3.31. The minimum atomic E-state index is 0.376. The second-order valence-electron chi connectivity index (χ2n) is 5.06. The van der Waals surface area contributed by atoms with Crippen LogP contribution in [0.3, 0.4) is 0 Å². The van der Waals surface area contributed by atoms with Gasteiger partial charge in [-0.05, 0) is 32.9 Å². The number of nitriles is 1. The molecule has 0 atom stereocenters. The van der Waals surface area contributed by atoms with Gasteiger partial charge in [-0.1, -0.05) is 0 Å². The van der Waals surface area contributed by atoms with Crippen molar-refractivity contribution in [1.82, 2.24) is 14.9 Å². The van der Waals surface area contributed by atoms with Crippen molar-refractivity contribution in [2.45, 2.75) is 12.8 Å². The Hall–Kier alpha value is -1.67. The van der Waals surface area contributed by atoms with Gasteiger partial charge in [0.1, 0.15) is 11.9 Å². The highest BCUT2D eigenvalue weighted by molar-refractivity contribution is 5.37. The Morgan fingerprint density at radius 1 is 1.33 bits per heavy atom. The maximum Gasteiger partial charge on any atom is 0.158 e. The van der Waals surface area contributed by atoms with Crippen LogP contribution in [0, 0.1) is 17.2 Å². The van der Waals surface area contributed by atoms with Crippen molar-refractivity contribution in [2.75, 3.05) is 38.6 Å². The molecule has 0 radical (unpaired) electrons. The molecule has 1 aromatic rings. The molecule has 5 heteroatoms. The molecule has 0 bridgehead atoms. The molecular weight excluding hydrogens is 226 g/mol. The van der Waals surface area contributed by atoms with Crippen molar-refractivity contribution >= 4 is 5.82 Å². The van der Waals surface area contributed by atoms with E-state index in [9.17, 15) is 0 Å². The van der Waals surface area contributed by atoms with Crippen LogP contribution in [0.25, 0.3) is 0 Å². The lowest BCUT2D eigenvalue weighted by Gasteiger charge is -2.33. The van der Waals surface area contributed by atoms with E-state index in [1.54, 1.807) is 12.4 Å². The number of aromatic nitrogens is 2. The van der Waals surface area contributed by atoms with E-state index >= 15 is 0 Å². The number of anilines is 1. The van der Waals surface area contributed by atoms with E-state index in [0.29, 0.717) is 5.69 Å². The molecule has 0 amide bonds. The standard InChI is InChI=1S/C13H19N5/c1-17(2)10-11-3-5-18(6-4-11)13-9-15-12(7-14)8-16-13/h8-9,11H,3-6,10H2,1-2H3. The minimum Gasteiger partial charge on any atom is -0.355 e. The second-order valence-corrected chi connectivity index (χ2v) is 5.06. The fourth-order valence-electron chi connectivity index (χ4n) is 2.40. The zero-order valence-corrected chi connectivity index (χ0v) is 11.0. The molecule has 18 heavy (non-hydrogen) atoms. The van der Waals surface area contributed by atoms with Gasteiger partial charge in [-0.2, -0.15) is 5.26 Å². The maximum absolute atomic E-state index is 8.69. The smallest absolute Gasteiger partial charge is 0.158 e. The molecule has 1 fully saturated rings. The molecule has 0 aliphatic carbocycles. The van der Waals surface area contributed by atoms with Crippen LogP contribution in [-0.2, 0) is 0 Å². The Morgan fingerprint density at radius 3 is 2.56 bits per heavy atom. The van der Waals surface area contributed by atoms with E-state index in [1.165, 1.54) is 12.8 Å². The lowest BCUT2D eigenvalue weighted by Crippen LogP contribution is -2.37. The molecule has 2 rings (SSSR count). The molecule has 5 nitrogen and oxygen atoms in total. The Morgan fingerprint density at radius 2 is 2.06 bits per heavy atom. The largest absolute Gasteiger partial charge is 0.355 e. The van der Waals surface area contributed by atoms with Crippen molar-refractivity contribution < 1.29 is 0 Å². The van der Waals surface area contributed by atoms with Gasteiger partial charge in [0.05, 0.1) is 12.4 Å². The number of hydrogen-bond donors (Lipinski definition) is 0. The summed E-state index contributed by atoms with van der Waals surface area (Å²) in [7, 11) is 4.25. The average Bonchev–Trinajstić information content (AvgIpc) is 2.39. The average molecular weight is 245 g/mol. The van der Waals surface area contributed by atoms with Crippen LogP contribution in [0.1, 0.15) is 18.5 Å². The lowest BCUT2D eigenvalue weighted by atomic mass is 9.96. The second kappa shape index (κ2) is 5.78. The van der Waals surface area contributed by atoms with Crippen LogP contribution in [0.15, 0.2) is 12.4 Å². The van der Waals surface area contributed by atoms with Gasteiger partial charge in [-0.3, -0.25) is 0 Å². The van der Waals surface area contributed by atoms with Gasteiger partial charge in [-0.25, -0.2) is 9.97 Å². The molecule has 1 aliphatic heterocycles. The zero-order chi connectivity index (χ0) is 13.0.